The number of anilines is 1. The van der Waals surface area contributed by atoms with E-state index in [0.717, 1.165) is 34.1 Å². The number of H-pyrrole nitrogens is 1. The van der Waals surface area contributed by atoms with Crippen LogP contribution in [0.15, 0.2) is 84.9 Å². The molecule has 2 saturated heterocycles. The standard InChI is InChI=1S/C20H18O6.C16H13N3O3/c1-3-15-17(25-9-23-15)5-11(1)19-13-7-22-20(14(13)8-21-19)12-2-4-16-18(6-12)26-10-24-16;1-22-16(21)19-15-17-12-8-7-11(9-13(12)18-15)14(20)10-5-3-2-4-6-10/h1-6,13-14,19-20H,7-10H2;2-9H,1H3,(H2,17,18,19,21). The highest BCUT2D eigenvalue weighted by atomic mass is 16.7. The van der Waals surface area contributed by atoms with Gasteiger partial charge < -0.3 is 38.1 Å². The number of ketones is 1. The van der Waals surface area contributed by atoms with Crippen molar-refractivity contribution in [2.45, 2.75) is 12.2 Å². The van der Waals surface area contributed by atoms with Gasteiger partial charge in [0.1, 0.15) is 0 Å². The molecule has 0 bridgehead atoms. The van der Waals surface area contributed by atoms with E-state index in [4.69, 9.17) is 28.4 Å². The summed E-state index contributed by atoms with van der Waals surface area (Å²) in [5.41, 5.74) is 4.72. The van der Waals surface area contributed by atoms with Gasteiger partial charge in [0.15, 0.2) is 28.8 Å². The zero-order chi connectivity index (χ0) is 32.6. The van der Waals surface area contributed by atoms with Gasteiger partial charge in [-0.25, -0.2) is 9.78 Å². The van der Waals surface area contributed by atoms with Crippen molar-refractivity contribution in [1.29, 1.82) is 0 Å². The van der Waals surface area contributed by atoms with E-state index in [9.17, 15) is 9.59 Å². The lowest BCUT2D eigenvalue weighted by molar-refractivity contribution is 0.0192. The highest BCUT2D eigenvalue weighted by Crippen LogP contribution is 2.52. The second-order valence-corrected chi connectivity index (χ2v) is 11.7. The van der Waals surface area contributed by atoms with Crippen molar-refractivity contribution in [2.75, 3.05) is 39.2 Å². The fourth-order valence-electron chi connectivity index (χ4n) is 6.53. The number of fused-ring (bicyclic) bond motifs is 4. The maximum atomic E-state index is 12.4. The number of nitrogens with one attached hydrogen (secondary N) is 2. The minimum Gasteiger partial charge on any atom is -0.454 e. The van der Waals surface area contributed by atoms with E-state index < -0.39 is 6.09 Å². The maximum absolute atomic E-state index is 12.4. The number of amides is 1. The third kappa shape index (κ3) is 5.65. The lowest BCUT2D eigenvalue weighted by Crippen LogP contribution is -2.14. The second kappa shape index (κ2) is 12.5. The Morgan fingerprint density at radius 1 is 0.729 bits per heavy atom. The van der Waals surface area contributed by atoms with E-state index in [1.54, 1.807) is 30.3 Å². The molecule has 9 rings (SSSR count). The summed E-state index contributed by atoms with van der Waals surface area (Å²) in [5, 5.41) is 2.45. The molecule has 1 aromatic heterocycles. The Bertz CT molecular complexity index is 1920. The molecule has 4 unspecified atom stereocenters. The number of imidazole rings is 1. The highest BCUT2D eigenvalue weighted by molar-refractivity contribution is 6.10. The molecule has 0 aliphatic carbocycles. The predicted octanol–water partition coefficient (Wildman–Crippen LogP) is 6.19. The number of rotatable bonds is 5. The summed E-state index contributed by atoms with van der Waals surface area (Å²) in [6.07, 6.45) is -0.568. The number of carbonyl (C=O) groups is 2. The quantitative estimate of drug-likeness (QED) is 0.212. The van der Waals surface area contributed by atoms with Gasteiger partial charge in [-0.2, -0.15) is 0 Å². The number of methoxy groups -OCH3 is 1. The van der Waals surface area contributed by atoms with Gasteiger partial charge in [0, 0.05) is 23.0 Å². The molecule has 5 aromatic rings. The average Bonchev–Trinajstić information content (AvgIpc) is 3.96. The minimum absolute atomic E-state index is 0.0218. The predicted molar refractivity (Wildman–Crippen MR) is 171 cm³/mol. The molecule has 12 heteroatoms. The van der Waals surface area contributed by atoms with Crippen molar-refractivity contribution in [1.82, 2.24) is 9.97 Å². The third-order valence-electron chi connectivity index (χ3n) is 8.90. The molecule has 4 aliphatic rings. The van der Waals surface area contributed by atoms with E-state index in [2.05, 4.69) is 32.2 Å². The molecule has 0 saturated carbocycles. The lowest BCUT2D eigenvalue weighted by Gasteiger charge is -2.17. The van der Waals surface area contributed by atoms with Gasteiger partial charge in [0.2, 0.25) is 19.5 Å². The minimum atomic E-state index is -0.611. The van der Waals surface area contributed by atoms with Crippen LogP contribution in [0.2, 0.25) is 0 Å². The van der Waals surface area contributed by atoms with Gasteiger partial charge in [0.05, 0.1) is 43.6 Å². The first-order chi connectivity index (χ1) is 23.5. The highest BCUT2D eigenvalue weighted by Gasteiger charge is 2.48. The van der Waals surface area contributed by atoms with Gasteiger partial charge in [-0.05, 0) is 53.6 Å². The summed E-state index contributed by atoms with van der Waals surface area (Å²) in [4.78, 5) is 30.7. The van der Waals surface area contributed by atoms with Crippen LogP contribution in [-0.4, -0.2) is 55.8 Å². The first-order valence-electron chi connectivity index (χ1n) is 15.5. The fraction of sp³-hybridized carbons (Fsp3) is 0.250. The number of ether oxygens (including phenoxy) is 7. The number of nitrogens with zero attached hydrogens (tertiary/aromatic N) is 1. The van der Waals surface area contributed by atoms with Crippen molar-refractivity contribution >= 4 is 28.9 Å². The van der Waals surface area contributed by atoms with Crippen LogP contribution in [0.3, 0.4) is 0 Å². The Morgan fingerprint density at radius 2 is 1.33 bits per heavy atom. The van der Waals surface area contributed by atoms with E-state index in [1.807, 2.05) is 42.5 Å². The Balaban J connectivity index is 0.000000143. The number of aromatic nitrogens is 2. The smallest absolute Gasteiger partial charge is 0.413 e. The monoisotopic (exact) mass is 649 g/mol. The van der Waals surface area contributed by atoms with Gasteiger partial charge in [-0.1, -0.05) is 42.5 Å². The molecular weight excluding hydrogens is 618 g/mol. The first kappa shape index (κ1) is 29.8. The zero-order valence-electron chi connectivity index (χ0n) is 25.8. The molecule has 48 heavy (non-hydrogen) atoms. The number of benzene rings is 4. The van der Waals surface area contributed by atoms with Gasteiger partial charge in [0.25, 0.3) is 0 Å². The zero-order valence-corrected chi connectivity index (χ0v) is 25.8. The van der Waals surface area contributed by atoms with Crippen LogP contribution < -0.4 is 24.3 Å². The normalized spacial score (nSPS) is 21.4. The first-order valence-corrected chi connectivity index (χ1v) is 15.5. The maximum Gasteiger partial charge on any atom is 0.413 e. The molecule has 4 aromatic carbocycles. The number of hydrogen-bond donors (Lipinski definition) is 2. The van der Waals surface area contributed by atoms with Crippen LogP contribution in [0.1, 0.15) is 39.3 Å². The number of hydrogen-bond acceptors (Lipinski definition) is 10. The lowest BCUT2D eigenvalue weighted by atomic mass is 9.85. The summed E-state index contributed by atoms with van der Waals surface area (Å²) >= 11 is 0. The summed E-state index contributed by atoms with van der Waals surface area (Å²) in [6, 6.07) is 26.3. The summed E-state index contributed by atoms with van der Waals surface area (Å²) in [5.74, 6) is 4.03. The number of aromatic amines is 1. The van der Waals surface area contributed by atoms with Crippen molar-refractivity contribution in [3.05, 3.63) is 107 Å². The molecule has 5 heterocycles. The molecule has 4 aliphatic heterocycles. The van der Waals surface area contributed by atoms with E-state index in [1.165, 1.54) is 7.11 Å². The van der Waals surface area contributed by atoms with Crippen LogP contribution in [0.5, 0.6) is 23.0 Å². The van der Waals surface area contributed by atoms with Gasteiger partial charge in [-0.15, -0.1) is 0 Å². The van der Waals surface area contributed by atoms with Crippen LogP contribution in [0.25, 0.3) is 11.0 Å². The van der Waals surface area contributed by atoms with Crippen LogP contribution >= 0.6 is 0 Å². The molecule has 0 radical (unpaired) electrons. The molecule has 0 spiro atoms. The largest absolute Gasteiger partial charge is 0.454 e. The van der Waals surface area contributed by atoms with Crippen LogP contribution in [-0.2, 0) is 14.2 Å². The molecule has 2 N–H and O–H groups in total. The second-order valence-electron chi connectivity index (χ2n) is 11.7. The Kier molecular flexibility index (Phi) is 7.79. The third-order valence-corrected chi connectivity index (χ3v) is 8.90. The number of carbonyl (C=O) groups excluding carboxylic acids is 2. The van der Waals surface area contributed by atoms with E-state index in [0.29, 0.717) is 47.2 Å². The summed E-state index contributed by atoms with van der Waals surface area (Å²) in [6.45, 7) is 1.93. The van der Waals surface area contributed by atoms with E-state index in [-0.39, 0.29) is 37.5 Å². The fourth-order valence-corrected chi connectivity index (χ4v) is 6.53. The van der Waals surface area contributed by atoms with E-state index >= 15 is 0 Å². The summed E-state index contributed by atoms with van der Waals surface area (Å²) in [7, 11) is 1.27. The summed E-state index contributed by atoms with van der Waals surface area (Å²) < 4.78 is 38.7. The van der Waals surface area contributed by atoms with Crippen LogP contribution in [0, 0.1) is 11.8 Å². The molecule has 2 fully saturated rings. The topological polar surface area (TPSA) is 139 Å². The molecule has 12 nitrogen and oxygen atoms in total. The Hall–Kier alpha value is -5.59. The molecule has 4 atom stereocenters. The average molecular weight is 650 g/mol. The molecule has 1 amide bonds. The van der Waals surface area contributed by atoms with Crippen molar-refractivity contribution in [3.8, 4) is 23.0 Å². The van der Waals surface area contributed by atoms with Gasteiger partial charge in [-0.3, -0.25) is 10.1 Å². The molecule has 244 valence electrons. The van der Waals surface area contributed by atoms with Crippen molar-refractivity contribution in [3.63, 3.8) is 0 Å². The van der Waals surface area contributed by atoms with Crippen molar-refractivity contribution < 1.29 is 42.7 Å². The Morgan fingerprint density at radius 3 is 1.94 bits per heavy atom. The Labute approximate surface area is 274 Å². The van der Waals surface area contributed by atoms with Gasteiger partial charge >= 0.3 is 6.09 Å². The van der Waals surface area contributed by atoms with Crippen molar-refractivity contribution in [2.24, 2.45) is 11.8 Å². The SMILES string of the molecule is COC(=O)Nc1nc2ccc(C(=O)c3ccccc3)cc2[nH]1.c1cc2c(cc1C1OCC3C(c4ccc5c(c4)OCO5)OCC13)OCO2. The molecular formula is C36H31N3O9. The van der Waals surface area contributed by atoms with Crippen LogP contribution in [0.4, 0.5) is 10.7 Å².